The van der Waals surface area contributed by atoms with Gasteiger partial charge in [-0.25, -0.2) is 8.42 Å². The molecule has 0 saturated carbocycles. The molecule has 19 heavy (non-hydrogen) atoms. The number of nitrogens with one attached hydrogen (secondary N) is 1. The van der Waals surface area contributed by atoms with Crippen molar-refractivity contribution < 1.29 is 26.5 Å². The lowest BCUT2D eigenvalue weighted by atomic mass is 10.2. The van der Waals surface area contributed by atoms with Gasteiger partial charge in [-0.1, -0.05) is 0 Å². The van der Waals surface area contributed by atoms with Crippen molar-refractivity contribution in [3.05, 3.63) is 27.3 Å². The highest BCUT2D eigenvalue weighted by atomic mass is 127. The van der Waals surface area contributed by atoms with E-state index in [-0.39, 0.29) is 5.56 Å². The van der Waals surface area contributed by atoms with Gasteiger partial charge in [-0.05, 0) is 40.8 Å². The van der Waals surface area contributed by atoms with Gasteiger partial charge in [0, 0.05) is 14.8 Å². The van der Waals surface area contributed by atoms with E-state index in [0.29, 0.717) is 9.26 Å². The fourth-order valence-corrected chi connectivity index (χ4v) is 1.81. The summed E-state index contributed by atoms with van der Waals surface area (Å²) in [5, 5.41) is -2.87. The number of amides is 1. The normalized spacial score (nSPS) is 12.2. The van der Waals surface area contributed by atoms with Crippen LogP contribution in [0.25, 0.3) is 0 Å². The summed E-state index contributed by atoms with van der Waals surface area (Å²) in [5.74, 6) is -0.929. The van der Waals surface area contributed by atoms with Crippen molar-refractivity contribution in [2.75, 3.05) is 12.3 Å². The number of alkyl halides is 2. The number of rotatable bonds is 4. The van der Waals surface area contributed by atoms with E-state index in [0.717, 1.165) is 0 Å². The maximum atomic E-state index is 12.8. The summed E-state index contributed by atoms with van der Waals surface area (Å²) in [5.41, 5.74) is 5.94. The second-order valence-electron chi connectivity index (χ2n) is 3.51. The molecule has 0 heterocycles. The second-order valence-corrected chi connectivity index (χ2v) is 6.18. The van der Waals surface area contributed by atoms with Crippen molar-refractivity contribution in [3.63, 3.8) is 0 Å². The molecular formula is C9H8F2IN2O4S-. The smallest absolute Gasteiger partial charge is 0.351 e. The zero-order valence-electron chi connectivity index (χ0n) is 9.19. The highest BCUT2D eigenvalue weighted by molar-refractivity contribution is 14.1. The molecule has 3 N–H and O–H groups in total. The molecule has 0 aliphatic rings. The van der Waals surface area contributed by atoms with Gasteiger partial charge in [0.1, 0.15) is 0 Å². The van der Waals surface area contributed by atoms with E-state index in [1.54, 1.807) is 5.32 Å². The third-order valence-corrected chi connectivity index (χ3v) is 3.89. The van der Waals surface area contributed by atoms with Gasteiger partial charge < -0.3 is 15.6 Å². The molecule has 0 aliphatic carbocycles. The Morgan fingerprint density at radius 1 is 1.47 bits per heavy atom. The summed E-state index contributed by atoms with van der Waals surface area (Å²) in [6.45, 7) is -1.58. The van der Waals surface area contributed by atoms with Gasteiger partial charge in [-0.3, -0.25) is 4.79 Å². The molecule has 1 aromatic carbocycles. The molecule has 0 aromatic heterocycles. The molecule has 0 atom stereocenters. The van der Waals surface area contributed by atoms with Crippen LogP contribution in [-0.2, 0) is 10.1 Å². The number of carbonyl (C=O) groups is 1. The first-order valence-electron chi connectivity index (χ1n) is 4.71. The topological polar surface area (TPSA) is 112 Å². The average Bonchev–Trinajstić information content (AvgIpc) is 2.28. The van der Waals surface area contributed by atoms with Crippen LogP contribution >= 0.6 is 22.6 Å². The van der Waals surface area contributed by atoms with Gasteiger partial charge in [0.2, 0.25) is 0 Å². The Hall–Kier alpha value is -1.01. The quantitative estimate of drug-likeness (QED) is 0.436. The minimum atomic E-state index is -5.81. The van der Waals surface area contributed by atoms with Crippen LogP contribution < -0.4 is 11.1 Å². The number of halogens is 3. The minimum Gasteiger partial charge on any atom is -0.743 e. The summed E-state index contributed by atoms with van der Waals surface area (Å²) in [6.07, 6.45) is 0. The number of hydrogen-bond donors (Lipinski definition) is 2. The Balaban J connectivity index is 2.79. The van der Waals surface area contributed by atoms with Gasteiger partial charge in [0.05, 0.1) is 6.54 Å². The molecular weight excluding hydrogens is 397 g/mol. The molecule has 0 saturated heterocycles. The lowest BCUT2D eigenvalue weighted by Gasteiger charge is -2.20. The molecule has 0 radical (unpaired) electrons. The summed E-state index contributed by atoms with van der Waals surface area (Å²) in [7, 11) is -5.81. The van der Waals surface area contributed by atoms with Crippen molar-refractivity contribution in [3.8, 4) is 0 Å². The molecule has 6 nitrogen and oxygen atoms in total. The Morgan fingerprint density at radius 2 is 2.05 bits per heavy atom. The van der Waals surface area contributed by atoms with Crippen LogP contribution in [0.2, 0.25) is 0 Å². The summed E-state index contributed by atoms with van der Waals surface area (Å²) >= 11 is 1.84. The number of hydrogen-bond acceptors (Lipinski definition) is 5. The van der Waals surface area contributed by atoms with Gasteiger partial charge in [-0.2, -0.15) is 8.78 Å². The highest BCUT2D eigenvalue weighted by Gasteiger charge is 2.37. The molecule has 10 heteroatoms. The van der Waals surface area contributed by atoms with Crippen molar-refractivity contribution >= 4 is 44.3 Å². The summed E-state index contributed by atoms with van der Waals surface area (Å²) < 4.78 is 56.8. The largest absolute Gasteiger partial charge is 0.743 e. The van der Waals surface area contributed by atoms with Crippen molar-refractivity contribution in [2.45, 2.75) is 5.25 Å². The molecule has 1 amide bonds. The zero-order valence-corrected chi connectivity index (χ0v) is 12.2. The standard InChI is InChI=1S/C9H9F2IN2O4S/c10-9(11,19(16,17)18)4-14-8(15)5-1-2-7(13)6(12)3-5/h1-3H,4,13H2,(H,14,15)(H,16,17,18)/p-1. The average molecular weight is 405 g/mol. The Labute approximate surface area is 121 Å². The van der Waals surface area contributed by atoms with Crippen molar-refractivity contribution in [2.24, 2.45) is 0 Å². The molecule has 106 valence electrons. The van der Waals surface area contributed by atoms with E-state index in [9.17, 15) is 26.5 Å². The molecule has 0 bridgehead atoms. The highest BCUT2D eigenvalue weighted by Crippen LogP contribution is 2.20. The number of benzene rings is 1. The second kappa shape index (κ2) is 5.54. The van der Waals surface area contributed by atoms with Crippen molar-refractivity contribution in [1.29, 1.82) is 0 Å². The van der Waals surface area contributed by atoms with Crippen molar-refractivity contribution in [1.82, 2.24) is 5.32 Å². The number of nitrogen functional groups attached to an aromatic ring is 1. The monoisotopic (exact) mass is 405 g/mol. The predicted molar refractivity (Wildman–Crippen MR) is 70.5 cm³/mol. The van der Waals surface area contributed by atoms with Crippen LogP contribution in [0.1, 0.15) is 10.4 Å². The summed E-state index contributed by atoms with van der Waals surface area (Å²) in [6, 6.07) is 4.03. The van der Waals surface area contributed by atoms with E-state index >= 15 is 0 Å². The first kappa shape index (κ1) is 16.0. The minimum absolute atomic E-state index is 0.0256. The maximum Gasteiger partial charge on any atom is 0.351 e. The number of carbonyl (C=O) groups excluding carboxylic acids is 1. The third-order valence-electron chi connectivity index (χ3n) is 2.08. The molecule has 0 aliphatic heterocycles. The van der Waals surface area contributed by atoms with Gasteiger partial charge >= 0.3 is 5.25 Å². The molecule has 0 unspecified atom stereocenters. The first-order valence-corrected chi connectivity index (χ1v) is 7.20. The van der Waals surface area contributed by atoms with E-state index in [1.807, 2.05) is 22.6 Å². The Morgan fingerprint density at radius 3 is 2.53 bits per heavy atom. The van der Waals surface area contributed by atoms with Crippen LogP contribution in [0.5, 0.6) is 0 Å². The van der Waals surface area contributed by atoms with E-state index in [1.165, 1.54) is 18.2 Å². The van der Waals surface area contributed by atoms with Gasteiger partial charge in [-0.15, -0.1) is 0 Å². The summed E-state index contributed by atoms with van der Waals surface area (Å²) in [4.78, 5) is 11.5. The molecule has 0 fully saturated rings. The lowest BCUT2D eigenvalue weighted by Crippen LogP contribution is -2.42. The first-order chi connectivity index (χ1) is 8.54. The van der Waals surface area contributed by atoms with E-state index in [4.69, 9.17) is 5.73 Å². The van der Waals surface area contributed by atoms with Crippen LogP contribution in [0.15, 0.2) is 18.2 Å². The van der Waals surface area contributed by atoms with Gasteiger partial charge in [0.25, 0.3) is 5.91 Å². The Bertz CT molecular complexity index is 606. The van der Waals surface area contributed by atoms with Crippen LogP contribution in [0.4, 0.5) is 14.5 Å². The third kappa shape index (κ3) is 3.98. The predicted octanol–water partition coefficient (Wildman–Crippen LogP) is 0.741. The van der Waals surface area contributed by atoms with Crippen LogP contribution in [0.3, 0.4) is 0 Å². The fraction of sp³-hybridized carbons (Fsp3) is 0.222. The SMILES string of the molecule is Nc1ccc(C(=O)NCC(F)(F)S(=O)(=O)[O-])cc1I. The number of nitrogens with two attached hydrogens (primary N) is 1. The molecule has 1 aromatic rings. The number of anilines is 1. The van der Waals surface area contributed by atoms with E-state index in [2.05, 4.69) is 0 Å². The van der Waals surface area contributed by atoms with E-state index < -0.39 is 27.8 Å². The molecule has 0 spiro atoms. The van der Waals surface area contributed by atoms with Crippen LogP contribution in [-0.4, -0.2) is 30.7 Å². The van der Waals surface area contributed by atoms with Gasteiger partial charge in [0.15, 0.2) is 10.1 Å². The fourth-order valence-electron chi connectivity index (χ4n) is 1.04. The maximum absolute atomic E-state index is 12.8. The zero-order chi connectivity index (χ0) is 14.8. The van der Waals surface area contributed by atoms with Crippen LogP contribution in [0, 0.1) is 3.57 Å². The molecule has 1 rings (SSSR count). The lowest BCUT2D eigenvalue weighted by molar-refractivity contribution is 0.0692. The Kier molecular flexibility index (Phi) is 4.68.